The van der Waals surface area contributed by atoms with Gasteiger partial charge in [-0.15, -0.1) is 0 Å². The Morgan fingerprint density at radius 3 is 3.00 bits per heavy atom. The zero-order valence-electron chi connectivity index (χ0n) is 10.1. The van der Waals surface area contributed by atoms with Crippen molar-refractivity contribution in [3.63, 3.8) is 0 Å². The highest BCUT2D eigenvalue weighted by atomic mass is 32.2. The average Bonchev–Trinajstić information content (AvgIpc) is 2.32. The van der Waals surface area contributed by atoms with Gasteiger partial charge in [0.05, 0.1) is 12.5 Å². The van der Waals surface area contributed by atoms with E-state index in [0.29, 0.717) is 5.75 Å². The maximum absolute atomic E-state index is 13.1. The second-order valence-corrected chi connectivity index (χ2v) is 4.98. The Bertz CT molecular complexity index is 491. The molecule has 0 saturated carbocycles. The number of benzene rings is 1. The van der Waals surface area contributed by atoms with Gasteiger partial charge in [0.1, 0.15) is 5.82 Å². The first-order valence-corrected chi connectivity index (χ1v) is 6.57. The highest BCUT2D eigenvalue weighted by molar-refractivity contribution is 8.13. The van der Waals surface area contributed by atoms with Crippen LogP contribution in [0.5, 0.6) is 0 Å². The number of halogens is 1. The molecule has 0 atom stereocenters. The summed E-state index contributed by atoms with van der Waals surface area (Å²) in [5.41, 5.74) is 1.54. The molecule has 0 aliphatic rings. The standard InChI is InChI=1S/C14H14FNOS/c1-11(17)18-9-3-2-4-13-10-14(15)6-5-12(13)7-8-16/h2,4-6,10H,3,7,9H2,1H3. The molecule has 94 valence electrons. The Labute approximate surface area is 111 Å². The van der Waals surface area contributed by atoms with Gasteiger partial charge in [-0.2, -0.15) is 5.26 Å². The smallest absolute Gasteiger partial charge is 0.185 e. The minimum atomic E-state index is -0.311. The largest absolute Gasteiger partial charge is 0.288 e. The SMILES string of the molecule is CC(=O)SCCC=Cc1cc(F)ccc1CC#N. The van der Waals surface area contributed by atoms with Crippen LogP contribution in [-0.2, 0) is 11.2 Å². The molecule has 0 N–H and O–H groups in total. The lowest BCUT2D eigenvalue weighted by Gasteiger charge is -2.02. The molecule has 0 heterocycles. The number of thioether (sulfide) groups is 1. The number of allylic oxidation sites excluding steroid dienone is 1. The van der Waals surface area contributed by atoms with Crippen LogP contribution in [0.25, 0.3) is 6.08 Å². The number of hydrogen-bond donors (Lipinski definition) is 0. The quantitative estimate of drug-likeness (QED) is 0.762. The molecule has 0 spiro atoms. The fourth-order valence-corrected chi connectivity index (χ4v) is 1.99. The second kappa shape index (κ2) is 7.67. The fourth-order valence-electron chi connectivity index (χ4n) is 1.45. The molecule has 1 aromatic carbocycles. The Balaban J connectivity index is 2.64. The summed E-state index contributed by atoms with van der Waals surface area (Å²) in [6.45, 7) is 1.53. The summed E-state index contributed by atoms with van der Waals surface area (Å²) in [4.78, 5) is 10.7. The van der Waals surface area contributed by atoms with E-state index in [-0.39, 0.29) is 17.4 Å². The van der Waals surface area contributed by atoms with Gasteiger partial charge < -0.3 is 0 Å². The maximum Gasteiger partial charge on any atom is 0.185 e. The summed E-state index contributed by atoms with van der Waals surface area (Å²) in [7, 11) is 0. The first-order valence-electron chi connectivity index (χ1n) is 5.58. The number of carbonyl (C=O) groups excluding carboxylic acids is 1. The number of nitrogens with zero attached hydrogens (tertiary/aromatic N) is 1. The first-order chi connectivity index (χ1) is 8.63. The third-order valence-corrected chi connectivity index (χ3v) is 3.11. The van der Waals surface area contributed by atoms with Gasteiger partial charge in [0, 0.05) is 12.7 Å². The van der Waals surface area contributed by atoms with Crippen LogP contribution < -0.4 is 0 Å². The van der Waals surface area contributed by atoms with Gasteiger partial charge in [0.15, 0.2) is 5.12 Å². The molecule has 0 aliphatic carbocycles. The minimum absolute atomic E-state index is 0.0966. The molecule has 0 unspecified atom stereocenters. The van der Waals surface area contributed by atoms with Gasteiger partial charge in [-0.1, -0.05) is 30.0 Å². The van der Waals surface area contributed by atoms with Crippen molar-refractivity contribution < 1.29 is 9.18 Å². The van der Waals surface area contributed by atoms with Crippen LogP contribution >= 0.6 is 11.8 Å². The molecule has 0 bridgehead atoms. The Kier molecular flexibility index (Phi) is 6.16. The Morgan fingerprint density at radius 1 is 1.56 bits per heavy atom. The van der Waals surface area contributed by atoms with Crippen LogP contribution in [0.4, 0.5) is 4.39 Å². The lowest BCUT2D eigenvalue weighted by atomic mass is 10.0. The molecular weight excluding hydrogens is 249 g/mol. The van der Waals surface area contributed by atoms with Crippen molar-refractivity contribution in [1.29, 1.82) is 5.26 Å². The molecule has 18 heavy (non-hydrogen) atoms. The zero-order valence-corrected chi connectivity index (χ0v) is 11.0. The van der Waals surface area contributed by atoms with Gasteiger partial charge in [-0.05, 0) is 29.7 Å². The molecule has 4 heteroatoms. The van der Waals surface area contributed by atoms with Crippen molar-refractivity contribution in [3.05, 3.63) is 41.2 Å². The minimum Gasteiger partial charge on any atom is -0.288 e. The average molecular weight is 263 g/mol. The monoisotopic (exact) mass is 263 g/mol. The van der Waals surface area contributed by atoms with Crippen molar-refractivity contribution in [1.82, 2.24) is 0 Å². The summed E-state index contributed by atoms with van der Waals surface area (Å²) in [5, 5.41) is 8.77. The summed E-state index contributed by atoms with van der Waals surface area (Å²) in [5.74, 6) is 0.406. The molecule has 2 nitrogen and oxygen atoms in total. The number of carbonyl (C=O) groups is 1. The van der Waals surface area contributed by atoms with Gasteiger partial charge in [-0.3, -0.25) is 4.79 Å². The van der Waals surface area contributed by atoms with Crippen LogP contribution in [0.1, 0.15) is 24.5 Å². The second-order valence-electron chi connectivity index (χ2n) is 3.71. The molecule has 0 saturated heterocycles. The molecule has 1 aromatic rings. The lowest BCUT2D eigenvalue weighted by Crippen LogP contribution is -1.89. The topological polar surface area (TPSA) is 40.9 Å². The Morgan fingerprint density at radius 2 is 2.33 bits per heavy atom. The van der Waals surface area contributed by atoms with Crippen LogP contribution in [-0.4, -0.2) is 10.9 Å². The summed E-state index contributed by atoms with van der Waals surface area (Å²) in [6.07, 6.45) is 4.71. The first kappa shape index (κ1) is 14.5. The summed E-state index contributed by atoms with van der Waals surface area (Å²) < 4.78 is 13.1. The van der Waals surface area contributed by atoms with E-state index in [4.69, 9.17) is 5.26 Å². The molecular formula is C14H14FNOS. The van der Waals surface area contributed by atoms with Crippen LogP contribution in [0, 0.1) is 17.1 Å². The van der Waals surface area contributed by atoms with Gasteiger partial charge in [0.2, 0.25) is 0 Å². The van der Waals surface area contributed by atoms with Crippen LogP contribution in [0.2, 0.25) is 0 Å². The molecule has 0 fully saturated rings. The highest BCUT2D eigenvalue weighted by Gasteiger charge is 2.01. The van der Waals surface area contributed by atoms with Crippen LogP contribution in [0.15, 0.2) is 24.3 Å². The van der Waals surface area contributed by atoms with E-state index in [2.05, 4.69) is 6.07 Å². The van der Waals surface area contributed by atoms with Gasteiger partial charge in [0.25, 0.3) is 0 Å². The van der Waals surface area contributed by atoms with Crippen LogP contribution in [0.3, 0.4) is 0 Å². The molecule has 0 amide bonds. The lowest BCUT2D eigenvalue weighted by molar-refractivity contribution is -0.109. The third kappa shape index (κ3) is 5.15. The number of hydrogen-bond acceptors (Lipinski definition) is 3. The fraction of sp³-hybridized carbons (Fsp3) is 0.286. The molecule has 0 aliphatic heterocycles. The number of rotatable bonds is 5. The predicted molar refractivity (Wildman–Crippen MR) is 72.5 cm³/mol. The predicted octanol–water partition coefficient (Wildman–Crippen LogP) is 3.57. The van der Waals surface area contributed by atoms with Gasteiger partial charge >= 0.3 is 0 Å². The van der Waals surface area contributed by atoms with E-state index < -0.39 is 0 Å². The van der Waals surface area contributed by atoms with Crippen molar-refractivity contribution in [3.8, 4) is 6.07 Å². The van der Waals surface area contributed by atoms with Crippen molar-refractivity contribution in [2.24, 2.45) is 0 Å². The van der Waals surface area contributed by atoms with E-state index in [1.807, 2.05) is 6.08 Å². The normalized spacial score (nSPS) is 10.5. The molecule has 1 rings (SSSR count). The maximum atomic E-state index is 13.1. The molecule has 0 radical (unpaired) electrons. The van der Waals surface area contributed by atoms with Gasteiger partial charge in [-0.25, -0.2) is 4.39 Å². The van der Waals surface area contributed by atoms with Crippen molar-refractivity contribution in [2.45, 2.75) is 19.8 Å². The van der Waals surface area contributed by atoms with E-state index in [0.717, 1.165) is 17.5 Å². The number of nitriles is 1. The third-order valence-electron chi connectivity index (χ3n) is 2.26. The molecule has 0 aromatic heterocycles. The van der Waals surface area contributed by atoms with E-state index in [9.17, 15) is 9.18 Å². The summed E-state index contributed by atoms with van der Waals surface area (Å²) >= 11 is 1.27. The van der Waals surface area contributed by atoms with E-state index >= 15 is 0 Å². The zero-order chi connectivity index (χ0) is 13.4. The van der Waals surface area contributed by atoms with Crippen molar-refractivity contribution in [2.75, 3.05) is 5.75 Å². The summed E-state index contributed by atoms with van der Waals surface area (Å²) in [6, 6.07) is 6.46. The Hall–Kier alpha value is -1.60. The highest BCUT2D eigenvalue weighted by Crippen LogP contribution is 2.14. The van der Waals surface area contributed by atoms with E-state index in [1.165, 1.54) is 30.8 Å². The van der Waals surface area contributed by atoms with E-state index in [1.54, 1.807) is 12.1 Å². The van der Waals surface area contributed by atoms with Crippen molar-refractivity contribution >= 4 is 23.0 Å².